The number of piperidine rings is 2. The number of sulfonamides is 1. The summed E-state index contributed by atoms with van der Waals surface area (Å²) in [6.07, 6.45) is 6.69. The summed E-state index contributed by atoms with van der Waals surface area (Å²) in [6, 6.07) is 10.8. The van der Waals surface area contributed by atoms with Gasteiger partial charge in [-0.1, -0.05) is 12.1 Å². The van der Waals surface area contributed by atoms with Crippen LogP contribution in [0.5, 0.6) is 0 Å². The molecular formula is C23H27N5O3S. The van der Waals surface area contributed by atoms with Crippen LogP contribution in [0.1, 0.15) is 37.7 Å². The van der Waals surface area contributed by atoms with Crippen LogP contribution < -0.4 is 10.2 Å². The summed E-state index contributed by atoms with van der Waals surface area (Å²) in [4.78, 5) is 21.8. The number of pyridine rings is 1. The van der Waals surface area contributed by atoms with Gasteiger partial charge in [0.05, 0.1) is 11.9 Å². The summed E-state index contributed by atoms with van der Waals surface area (Å²) in [5.74, 6) is 1.32. The fourth-order valence-electron chi connectivity index (χ4n) is 4.68. The minimum Gasteiger partial charge on any atom is -0.357 e. The van der Waals surface area contributed by atoms with Crippen LogP contribution in [-0.4, -0.2) is 56.2 Å². The number of amidine groups is 1. The minimum atomic E-state index is -3.63. The third-order valence-electron chi connectivity index (χ3n) is 6.47. The van der Waals surface area contributed by atoms with Gasteiger partial charge >= 0.3 is 0 Å². The summed E-state index contributed by atoms with van der Waals surface area (Å²) < 4.78 is 28.6. The maximum atomic E-state index is 12.8. The van der Waals surface area contributed by atoms with Crippen molar-refractivity contribution in [3.63, 3.8) is 0 Å². The molecule has 2 fully saturated rings. The molecule has 1 aromatic carbocycles. The number of nitrogens with one attached hydrogen (secondary N) is 1. The average Bonchev–Trinajstić information content (AvgIpc) is 3.11. The number of hydrogen-bond donors (Lipinski definition) is 1. The second-order valence-electron chi connectivity index (χ2n) is 8.59. The van der Waals surface area contributed by atoms with Crippen LogP contribution in [0.2, 0.25) is 0 Å². The van der Waals surface area contributed by atoms with Gasteiger partial charge in [-0.2, -0.15) is 8.42 Å². The number of hydrogen-bond acceptors (Lipinski definition) is 6. The monoisotopic (exact) mass is 453 g/mol. The Labute approximate surface area is 188 Å². The van der Waals surface area contributed by atoms with Gasteiger partial charge < -0.3 is 15.1 Å². The van der Waals surface area contributed by atoms with Crippen molar-refractivity contribution < 1.29 is 13.2 Å². The zero-order chi connectivity index (χ0) is 22.1. The van der Waals surface area contributed by atoms with E-state index in [9.17, 15) is 13.2 Å². The number of fused-ring (bicyclic) bond motifs is 1. The summed E-state index contributed by atoms with van der Waals surface area (Å²) in [5.41, 5.74) is 1.36. The van der Waals surface area contributed by atoms with E-state index < -0.39 is 10.0 Å². The number of anilines is 2. The molecule has 3 aliphatic rings. The molecule has 0 aliphatic carbocycles. The predicted molar refractivity (Wildman–Crippen MR) is 123 cm³/mol. The SMILES string of the molecule is O=C(Nc1ccc(N2CCCCC2)nc1)C1CCN(C2=NS(=O)(=O)c3ccccc32)CC1. The lowest BCUT2D eigenvalue weighted by Gasteiger charge is -2.32. The number of aromatic nitrogens is 1. The van der Waals surface area contributed by atoms with E-state index in [-0.39, 0.29) is 16.7 Å². The van der Waals surface area contributed by atoms with Gasteiger partial charge in [0.2, 0.25) is 5.91 Å². The Kier molecular flexibility index (Phi) is 5.58. The molecule has 0 bridgehead atoms. The second kappa shape index (κ2) is 8.54. The normalized spacial score (nSPS) is 20.6. The van der Waals surface area contributed by atoms with Crippen LogP contribution in [0, 0.1) is 5.92 Å². The van der Waals surface area contributed by atoms with Crippen molar-refractivity contribution in [2.45, 2.75) is 37.0 Å². The molecule has 32 heavy (non-hydrogen) atoms. The summed E-state index contributed by atoms with van der Waals surface area (Å²) >= 11 is 0. The van der Waals surface area contributed by atoms with E-state index in [2.05, 4.69) is 19.6 Å². The van der Waals surface area contributed by atoms with Crippen LogP contribution in [0.15, 0.2) is 51.9 Å². The van der Waals surface area contributed by atoms with Crippen molar-refractivity contribution in [3.05, 3.63) is 48.2 Å². The lowest BCUT2D eigenvalue weighted by molar-refractivity contribution is -0.120. The van der Waals surface area contributed by atoms with Crippen LogP contribution in [0.4, 0.5) is 11.5 Å². The quantitative estimate of drug-likeness (QED) is 0.768. The molecule has 5 rings (SSSR count). The van der Waals surface area contributed by atoms with Gasteiger partial charge in [0.15, 0.2) is 5.84 Å². The zero-order valence-corrected chi connectivity index (χ0v) is 18.7. The van der Waals surface area contributed by atoms with Gasteiger partial charge in [0.25, 0.3) is 10.0 Å². The molecule has 0 radical (unpaired) electrons. The van der Waals surface area contributed by atoms with Gasteiger partial charge in [-0.3, -0.25) is 4.79 Å². The Balaban J connectivity index is 1.18. The van der Waals surface area contributed by atoms with E-state index >= 15 is 0 Å². The van der Waals surface area contributed by atoms with Crippen molar-refractivity contribution in [1.29, 1.82) is 0 Å². The Morgan fingerprint density at radius 3 is 2.41 bits per heavy atom. The first-order valence-electron chi connectivity index (χ1n) is 11.2. The molecule has 1 N–H and O–H groups in total. The first-order chi connectivity index (χ1) is 15.5. The number of rotatable bonds is 3. The van der Waals surface area contributed by atoms with Gasteiger partial charge in [-0.25, -0.2) is 4.98 Å². The Bertz CT molecular complexity index is 1130. The van der Waals surface area contributed by atoms with E-state index in [1.807, 2.05) is 23.1 Å². The zero-order valence-electron chi connectivity index (χ0n) is 17.9. The van der Waals surface area contributed by atoms with E-state index in [1.165, 1.54) is 19.3 Å². The number of amides is 1. The maximum Gasteiger partial charge on any atom is 0.285 e. The molecule has 8 nitrogen and oxygen atoms in total. The number of carbonyl (C=O) groups is 1. The Hall–Kier alpha value is -2.94. The summed E-state index contributed by atoms with van der Waals surface area (Å²) in [7, 11) is -3.63. The highest BCUT2D eigenvalue weighted by atomic mass is 32.2. The fraction of sp³-hybridized carbons (Fsp3) is 0.435. The van der Waals surface area contributed by atoms with Crippen LogP contribution in [0.3, 0.4) is 0 Å². The van der Waals surface area contributed by atoms with Crippen molar-refractivity contribution >= 4 is 33.3 Å². The Morgan fingerprint density at radius 1 is 0.938 bits per heavy atom. The summed E-state index contributed by atoms with van der Waals surface area (Å²) in [6.45, 7) is 3.25. The van der Waals surface area contributed by atoms with Gasteiger partial charge in [0.1, 0.15) is 10.7 Å². The van der Waals surface area contributed by atoms with Crippen LogP contribution >= 0.6 is 0 Å². The molecular weight excluding hydrogens is 426 g/mol. The topological polar surface area (TPSA) is 95.0 Å². The molecule has 1 aromatic heterocycles. The first kappa shape index (κ1) is 20.9. The largest absolute Gasteiger partial charge is 0.357 e. The van der Waals surface area contributed by atoms with E-state index in [0.717, 1.165) is 18.9 Å². The smallest absolute Gasteiger partial charge is 0.285 e. The number of likely N-dealkylation sites (tertiary alicyclic amines) is 1. The predicted octanol–water partition coefficient (Wildman–Crippen LogP) is 2.87. The van der Waals surface area contributed by atoms with E-state index in [4.69, 9.17) is 0 Å². The molecule has 9 heteroatoms. The third-order valence-corrected chi connectivity index (χ3v) is 7.80. The molecule has 1 amide bonds. The maximum absolute atomic E-state index is 12.8. The molecule has 2 aromatic rings. The molecule has 0 atom stereocenters. The minimum absolute atomic E-state index is 0.0152. The second-order valence-corrected chi connectivity index (χ2v) is 10.2. The molecule has 0 spiro atoms. The molecule has 3 aliphatic heterocycles. The number of carbonyl (C=O) groups excluding carboxylic acids is 1. The first-order valence-corrected chi connectivity index (χ1v) is 12.7. The van der Waals surface area contributed by atoms with Gasteiger partial charge in [0, 0.05) is 37.7 Å². The van der Waals surface area contributed by atoms with Gasteiger partial charge in [-0.15, -0.1) is 4.40 Å². The summed E-state index contributed by atoms with van der Waals surface area (Å²) in [5, 5.41) is 2.99. The third kappa shape index (κ3) is 4.09. The van der Waals surface area contributed by atoms with E-state index in [1.54, 1.807) is 24.4 Å². The van der Waals surface area contributed by atoms with Crippen LogP contribution in [-0.2, 0) is 14.8 Å². The molecule has 0 saturated carbocycles. The lowest BCUT2D eigenvalue weighted by Crippen LogP contribution is -2.41. The highest BCUT2D eigenvalue weighted by Gasteiger charge is 2.34. The molecule has 4 heterocycles. The van der Waals surface area contributed by atoms with Gasteiger partial charge in [-0.05, 0) is 56.4 Å². The number of nitrogens with zero attached hydrogens (tertiary/aromatic N) is 4. The van der Waals surface area contributed by atoms with Crippen molar-refractivity contribution in [2.24, 2.45) is 10.3 Å². The van der Waals surface area contributed by atoms with E-state index in [0.29, 0.717) is 43.0 Å². The van der Waals surface area contributed by atoms with Crippen molar-refractivity contribution in [2.75, 3.05) is 36.4 Å². The molecule has 0 unspecified atom stereocenters. The Morgan fingerprint density at radius 2 is 1.69 bits per heavy atom. The number of benzene rings is 1. The standard InChI is InChI=1S/C23H27N5O3S/c29-23(25-18-8-9-21(24-16-18)27-12-4-1-5-13-27)17-10-14-28(15-11-17)22-19-6-2-3-7-20(19)32(30,31)26-22/h2-3,6-9,16-17H,1,4-5,10-15H2,(H,25,29). The van der Waals surface area contributed by atoms with Crippen molar-refractivity contribution in [3.8, 4) is 0 Å². The molecule has 2 saturated heterocycles. The lowest BCUT2D eigenvalue weighted by atomic mass is 9.95. The van der Waals surface area contributed by atoms with Crippen LogP contribution in [0.25, 0.3) is 0 Å². The average molecular weight is 454 g/mol. The highest BCUT2D eigenvalue weighted by Crippen LogP contribution is 2.30. The fourth-order valence-corrected chi connectivity index (χ4v) is 5.91. The highest BCUT2D eigenvalue weighted by molar-refractivity contribution is 7.90. The van der Waals surface area contributed by atoms with Crippen molar-refractivity contribution in [1.82, 2.24) is 9.88 Å². The molecule has 168 valence electrons.